The van der Waals surface area contributed by atoms with Crippen LogP contribution in [0.3, 0.4) is 0 Å². The Morgan fingerprint density at radius 1 is 1.20 bits per heavy atom. The number of rotatable bonds is 2. The van der Waals surface area contributed by atoms with Gasteiger partial charge < -0.3 is 0 Å². The van der Waals surface area contributed by atoms with E-state index in [9.17, 15) is 0 Å². The molecule has 3 rings (SSSR count). The van der Waals surface area contributed by atoms with Gasteiger partial charge >= 0.3 is 0 Å². The van der Waals surface area contributed by atoms with Gasteiger partial charge in [-0.2, -0.15) is 0 Å². The molecule has 1 heterocycles. The standard InChI is InChI=1S/C13H16BrN/c14-13-11-6-7-12(13)15(9-11)8-10-4-2-1-3-5-10/h1-5,11-13H,6-9H2/t11-,12+,13-/m1/s1. The van der Waals surface area contributed by atoms with Crippen molar-refractivity contribution in [2.24, 2.45) is 5.92 Å². The van der Waals surface area contributed by atoms with Crippen molar-refractivity contribution in [1.82, 2.24) is 4.90 Å². The Bertz CT molecular complexity index is 338. The van der Waals surface area contributed by atoms with Crippen LogP contribution >= 0.6 is 15.9 Å². The van der Waals surface area contributed by atoms with Crippen LogP contribution in [0, 0.1) is 5.92 Å². The molecular weight excluding hydrogens is 250 g/mol. The number of piperidine rings is 1. The van der Waals surface area contributed by atoms with E-state index in [2.05, 4.69) is 51.2 Å². The largest absolute Gasteiger partial charge is 0.295 e. The van der Waals surface area contributed by atoms with Crippen molar-refractivity contribution in [1.29, 1.82) is 0 Å². The molecule has 80 valence electrons. The van der Waals surface area contributed by atoms with Crippen LogP contribution in [0.25, 0.3) is 0 Å². The fraction of sp³-hybridized carbons (Fsp3) is 0.538. The Morgan fingerprint density at radius 2 is 2.00 bits per heavy atom. The number of hydrogen-bond acceptors (Lipinski definition) is 1. The number of fused-ring (bicyclic) bond motifs is 2. The van der Waals surface area contributed by atoms with Gasteiger partial charge in [-0.3, -0.25) is 4.90 Å². The highest BCUT2D eigenvalue weighted by molar-refractivity contribution is 9.09. The lowest BCUT2D eigenvalue weighted by Gasteiger charge is -2.26. The Balaban J connectivity index is 1.71. The van der Waals surface area contributed by atoms with E-state index in [1.54, 1.807) is 0 Å². The first-order valence-corrected chi connectivity index (χ1v) is 6.68. The Morgan fingerprint density at radius 3 is 2.60 bits per heavy atom. The van der Waals surface area contributed by atoms with Crippen molar-refractivity contribution in [3.05, 3.63) is 35.9 Å². The number of likely N-dealkylation sites (tertiary alicyclic amines) is 1. The lowest BCUT2D eigenvalue weighted by atomic mass is 10.1. The predicted molar refractivity (Wildman–Crippen MR) is 66.1 cm³/mol. The van der Waals surface area contributed by atoms with Crippen LogP contribution in [0.15, 0.2) is 30.3 Å². The molecular formula is C13H16BrN. The zero-order chi connectivity index (χ0) is 10.3. The van der Waals surface area contributed by atoms with E-state index in [1.807, 2.05) is 0 Å². The van der Waals surface area contributed by atoms with Crippen molar-refractivity contribution >= 4 is 15.9 Å². The van der Waals surface area contributed by atoms with E-state index >= 15 is 0 Å². The number of alkyl halides is 1. The molecule has 2 heteroatoms. The fourth-order valence-electron chi connectivity index (χ4n) is 3.03. The number of hydrogen-bond donors (Lipinski definition) is 0. The molecule has 0 spiro atoms. The van der Waals surface area contributed by atoms with Crippen molar-refractivity contribution < 1.29 is 0 Å². The van der Waals surface area contributed by atoms with Crippen molar-refractivity contribution in [3.63, 3.8) is 0 Å². The number of nitrogens with zero attached hydrogens (tertiary/aromatic N) is 1. The van der Waals surface area contributed by atoms with Gasteiger partial charge in [0, 0.05) is 24.0 Å². The fourth-order valence-corrected chi connectivity index (χ4v) is 4.06. The minimum absolute atomic E-state index is 0.751. The SMILES string of the molecule is Br[C@@H]1[C@@H]2CC[C@@H]1N(Cc1ccccc1)C2. The van der Waals surface area contributed by atoms with Crippen LogP contribution in [0.4, 0.5) is 0 Å². The van der Waals surface area contributed by atoms with Gasteiger partial charge in [-0.05, 0) is 24.3 Å². The lowest BCUT2D eigenvalue weighted by molar-refractivity contribution is 0.206. The van der Waals surface area contributed by atoms with Crippen molar-refractivity contribution in [2.75, 3.05) is 6.54 Å². The minimum atomic E-state index is 0.751. The molecule has 1 aliphatic carbocycles. The van der Waals surface area contributed by atoms with E-state index in [0.717, 1.165) is 23.3 Å². The van der Waals surface area contributed by atoms with Crippen LogP contribution in [0.1, 0.15) is 18.4 Å². The van der Waals surface area contributed by atoms with Gasteiger partial charge in [0.1, 0.15) is 0 Å². The molecule has 2 fully saturated rings. The van der Waals surface area contributed by atoms with E-state index in [4.69, 9.17) is 0 Å². The zero-order valence-electron chi connectivity index (χ0n) is 8.77. The lowest BCUT2D eigenvalue weighted by Crippen LogP contribution is -2.32. The second kappa shape index (κ2) is 3.91. The molecule has 0 radical (unpaired) electrons. The molecule has 15 heavy (non-hydrogen) atoms. The summed E-state index contributed by atoms with van der Waals surface area (Å²) in [7, 11) is 0. The minimum Gasteiger partial charge on any atom is -0.295 e. The first-order valence-electron chi connectivity index (χ1n) is 5.76. The van der Waals surface area contributed by atoms with Crippen LogP contribution in [-0.2, 0) is 6.54 Å². The summed E-state index contributed by atoms with van der Waals surface area (Å²) in [5.41, 5.74) is 1.45. The molecule has 1 aliphatic heterocycles. The molecule has 3 atom stereocenters. The summed E-state index contributed by atoms with van der Waals surface area (Å²) in [6.45, 7) is 2.42. The molecule has 1 aromatic carbocycles. The van der Waals surface area contributed by atoms with E-state index in [-0.39, 0.29) is 0 Å². The van der Waals surface area contributed by atoms with Crippen LogP contribution < -0.4 is 0 Å². The van der Waals surface area contributed by atoms with Gasteiger partial charge in [-0.1, -0.05) is 46.3 Å². The molecule has 2 aliphatic rings. The summed E-state index contributed by atoms with van der Waals surface area (Å²) >= 11 is 3.84. The first kappa shape index (κ1) is 9.86. The third kappa shape index (κ3) is 1.74. The van der Waals surface area contributed by atoms with Gasteiger partial charge in [0.25, 0.3) is 0 Å². The molecule has 1 saturated carbocycles. The van der Waals surface area contributed by atoms with E-state index < -0.39 is 0 Å². The van der Waals surface area contributed by atoms with Crippen LogP contribution in [0.5, 0.6) is 0 Å². The van der Waals surface area contributed by atoms with E-state index in [1.165, 1.54) is 24.9 Å². The highest BCUT2D eigenvalue weighted by atomic mass is 79.9. The Labute approximate surface area is 99.6 Å². The Kier molecular flexibility index (Phi) is 2.57. The summed E-state index contributed by atoms with van der Waals surface area (Å²) in [4.78, 5) is 3.39. The van der Waals surface area contributed by atoms with Gasteiger partial charge in [-0.25, -0.2) is 0 Å². The summed E-state index contributed by atoms with van der Waals surface area (Å²) in [6, 6.07) is 11.6. The quantitative estimate of drug-likeness (QED) is 0.744. The van der Waals surface area contributed by atoms with E-state index in [0.29, 0.717) is 0 Å². The molecule has 1 nitrogen and oxygen atoms in total. The summed E-state index contributed by atoms with van der Waals surface area (Å²) in [5.74, 6) is 0.902. The number of benzene rings is 1. The normalized spacial score (nSPS) is 34.9. The van der Waals surface area contributed by atoms with Gasteiger partial charge in [0.2, 0.25) is 0 Å². The summed E-state index contributed by atoms with van der Waals surface area (Å²) in [5, 5.41) is 0. The molecule has 1 aromatic rings. The van der Waals surface area contributed by atoms with Crippen molar-refractivity contribution in [2.45, 2.75) is 30.3 Å². The maximum absolute atomic E-state index is 3.84. The topological polar surface area (TPSA) is 3.24 Å². The molecule has 0 aromatic heterocycles. The molecule has 0 unspecified atom stereocenters. The summed E-state index contributed by atoms with van der Waals surface area (Å²) < 4.78 is 0. The molecule has 1 saturated heterocycles. The average molecular weight is 266 g/mol. The second-order valence-corrected chi connectivity index (χ2v) is 5.82. The van der Waals surface area contributed by atoms with Gasteiger partial charge in [-0.15, -0.1) is 0 Å². The maximum atomic E-state index is 3.84. The average Bonchev–Trinajstić information content (AvgIpc) is 2.75. The molecule has 0 amide bonds. The van der Waals surface area contributed by atoms with Gasteiger partial charge in [0.15, 0.2) is 0 Å². The molecule has 0 N–H and O–H groups in total. The first-order chi connectivity index (χ1) is 7.34. The van der Waals surface area contributed by atoms with Crippen LogP contribution in [0.2, 0.25) is 0 Å². The maximum Gasteiger partial charge on any atom is 0.0342 e. The third-order valence-electron chi connectivity index (χ3n) is 3.82. The Hall–Kier alpha value is -0.340. The number of halogens is 1. The van der Waals surface area contributed by atoms with Gasteiger partial charge in [0.05, 0.1) is 0 Å². The smallest absolute Gasteiger partial charge is 0.0342 e. The predicted octanol–water partition coefficient (Wildman–Crippen LogP) is 3.04. The van der Waals surface area contributed by atoms with Crippen LogP contribution in [-0.4, -0.2) is 22.3 Å². The van der Waals surface area contributed by atoms with Crippen molar-refractivity contribution in [3.8, 4) is 0 Å². The highest BCUT2D eigenvalue weighted by Crippen LogP contribution is 2.42. The second-order valence-electron chi connectivity index (χ2n) is 4.76. The monoisotopic (exact) mass is 265 g/mol. The summed E-state index contributed by atoms with van der Waals surface area (Å²) in [6.07, 6.45) is 2.80. The zero-order valence-corrected chi connectivity index (χ0v) is 10.4. The third-order valence-corrected chi connectivity index (χ3v) is 5.18. The highest BCUT2D eigenvalue weighted by Gasteiger charge is 2.44. The molecule has 2 bridgehead atoms.